The largest absolute Gasteiger partial charge is 0.497 e. The summed E-state index contributed by atoms with van der Waals surface area (Å²) < 4.78 is 17.4. The van der Waals surface area contributed by atoms with E-state index in [4.69, 9.17) is 14.2 Å². The summed E-state index contributed by atoms with van der Waals surface area (Å²) in [6.45, 7) is 0.152. The Morgan fingerprint density at radius 1 is 1.20 bits per heavy atom. The van der Waals surface area contributed by atoms with Crippen molar-refractivity contribution in [2.24, 2.45) is 0 Å². The fraction of sp³-hybridized carbons (Fsp3) is 0.118. The molecule has 0 saturated carbocycles. The summed E-state index contributed by atoms with van der Waals surface area (Å²) >= 11 is 0. The van der Waals surface area contributed by atoms with E-state index >= 15 is 0 Å². The Kier molecular flexibility index (Phi) is 3.50. The van der Waals surface area contributed by atoms with Crippen LogP contribution in [0.25, 0.3) is 16.9 Å². The number of aromatic nitrogens is 3. The van der Waals surface area contributed by atoms with E-state index < -0.39 is 5.97 Å². The molecule has 2 heterocycles. The number of benzene rings is 2. The number of hydrogen-bond acceptors (Lipinski definition) is 6. The summed E-state index contributed by atoms with van der Waals surface area (Å²) in [4.78, 5) is 11.6. The molecular weight excluding hydrogens is 326 g/mol. The molecule has 0 bridgehead atoms. The van der Waals surface area contributed by atoms with E-state index in [-0.39, 0.29) is 12.5 Å². The summed E-state index contributed by atoms with van der Waals surface area (Å²) in [5, 5.41) is 17.3. The summed E-state index contributed by atoms with van der Waals surface area (Å²) in [6.07, 6.45) is 0. The van der Waals surface area contributed by atoms with Gasteiger partial charge in [0.2, 0.25) is 6.79 Å². The molecule has 126 valence electrons. The van der Waals surface area contributed by atoms with E-state index in [0.29, 0.717) is 34.2 Å². The zero-order valence-electron chi connectivity index (χ0n) is 13.2. The molecular formula is C17H13N3O5. The summed E-state index contributed by atoms with van der Waals surface area (Å²) in [5.41, 5.74) is 1.44. The first-order valence-corrected chi connectivity index (χ1v) is 7.41. The summed E-state index contributed by atoms with van der Waals surface area (Å²) in [5.74, 6) is 0.642. The monoisotopic (exact) mass is 339 g/mol. The maximum absolute atomic E-state index is 11.6. The van der Waals surface area contributed by atoms with Crippen LogP contribution in [0.15, 0.2) is 42.5 Å². The highest BCUT2D eigenvalue weighted by molar-refractivity contribution is 5.93. The molecule has 3 aromatic rings. The number of ether oxygens (including phenoxy) is 3. The van der Waals surface area contributed by atoms with Crippen molar-refractivity contribution < 1.29 is 24.1 Å². The Morgan fingerprint density at radius 3 is 2.84 bits per heavy atom. The Labute approximate surface area is 142 Å². The molecule has 1 aliphatic rings. The van der Waals surface area contributed by atoms with Crippen molar-refractivity contribution in [1.29, 1.82) is 0 Å². The van der Waals surface area contributed by atoms with Gasteiger partial charge in [-0.1, -0.05) is 17.3 Å². The number of carboxylic acids is 1. The van der Waals surface area contributed by atoms with Gasteiger partial charge in [-0.25, -0.2) is 9.48 Å². The molecule has 8 heteroatoms. The molecule has 0 radical (unpaired) electrons. The predicted octanol–water partition coefficient (Wildman–Crippen LogP) is 2.37. The van der Waals surface area contributed by atoms with Crippen molar-refractivity contribution in [2.45, 2.75) is 0 Å². The average Bonchev–Trinajstić information content (AvgIpc) is 3.27. The highest BCUT2D eigenvalue weighted by Crippen LogP contribution is 2.35. The van der Waals surface area contributed by atoms with Crippen LogP contribution in [-0.2, 0) is 0 Å². The molecule has 0 spiro atoms. The lowest BCUT2D eigenvalue weighted by atomic mass is 10.1. The molecule has 2 aromatic carbocycles. The van der Waals surface area contributed by atoms with Crippen molar-refractivity contribution in [3.05, 3.63) is 48.2 Å². The molecule has 1 aromatic heterocycles. The van der Waals surface area contributed by atoms with Crippen LogP contribution in [0.2, 0.25) is 0 Å². The van der Waals surface area contributed by atoms with Gasteiger partial charge in [-0.2, -0.15) is 0 Å². The van der Waals surface area contributed by atoms with Crippen LogP contribution >= 0.6 is 0 Å². The molecule has 0 aliphatic carbocycles. The number of carboxylic acid groups (broad SMARTS) is 1. The summed E-state index contributed by atoms with van der Waals surface area (Å²) in [6, 6.07) is 12.3. The lowest BCUT2D eigenvalue weighted by Gasteiger charge is -2.09. The van der Waals surface area contributed by atoms with Gasteiger partial charge in [0.1, 0.15) is 11.4 Å². The fourth-order valence-corrected chi connectivity index (χ4v) is 2.65. The second-order valence-corrected chi connectivity index (χ2v) is 5.27. The quantitative estimate of drug-likeness (QED) is 0.779. The Balaban J connectivity index is 1.90. The van der Waals surface area contributed by atoms with Gasteiger partial charge in [-0.3, -0.25) is 0 Å². The van der Waals surface area contributed by atoms with Gasteiger partial charge in [0, 0.05) is 11.6 Å². The van der Waals surface area contributed by atoms with Crippen molar-refractivity contribution in [3.8, 4) is 34.2 Å². The molecule has 0 unspecified atom stereocenters. The van der Waals surface area contributed by atoms with Crippen LogP contribution in [0, 0.1) is 0 Å². The highest BCUT2D eigenvalue weighted by atomic mass is 16.7. The highest BCUT2D eigenvalue weighted by Gasteiger charge is 2.23. The van der Waals surface area contributed by atoms with Crippen LogP contribution < -0.4 is 14.2 Å². The van der Waals surface area contributed by atoms with Gasteiger partial charge in [0.05, 0.1) is 12.8 Å². The molecule has 4 rings (SSSR count). The zero-order valence-corrected chi connectivity index (χ0v) is 13.2. The minimum Gasteiger partial charge on any atom is -0.497 e. The number of carbonyl (C=O) groups is 1. The topological polar surface area (TPSA) is 95.7 Å². The first kappa shape index (κ1) is 15.0. The first-order chi connectivity index (χ1) is 12.2. The van der Waals surface area contributed by atoms with Gasteiger partial charge in [-0.05, 0) is 24.3 Å². The Hall–Kier alpha value is -3.55. The lowest BCUT2D eigenvalue weighted by molar-refractivity contribution is 0.0691. The SMILES string of the molecule is COc1cccc(-c2c(C(=O)O)nnn2-c2ccc3c(c2)OCO3)c1. The van der Waals surface area contributed by atoms with Crippen LogP contribution in [0.1, 0.15) is 10.5 Å². The van der Waals surface area contributed by atoms with Crippen molar-refractivity contribution >= 4 is 5.97 Å². The second-order valence-electron chi connectivity index (χ2n) is 5.27. The zero-order chi connectivity index (χ0) is 17.4. The van der Waals surface area contributed by atoms with Crippen molar-refractivity contribution in [1.82, 2.24) is 15.0 Å². The first-order valence-electron chi connectivity index (χ1n) is 7.41. The molecule has 1 N–H and O–H groups in total. The van der Waals surface area contributed by atoms with Gasteiger partial charge in [0.25, 0.3) is 0 Å². The number of nitrogens with zero attached hydrogens (tertiary/aromatic N) is 3. The number of rotatable bonds is 4. The molecule has 0 amide bonds. The standard InChI is InChI=1S/C17H13N3O5/c1-23-12-4-2-3-10(7-12)16-15(17(21)22)18-19-20(16)11-5-6-13-14(8-11)25-9-24-13/h2-8H,9H2,1H3,(H,21,22). The van der Waals surface area contributed by atoms with Gasteiger partial charge in [0.15, 0.2) is 17.2 Å². The second kappa shape index (κ2) is 5.82. The minimum atomic E-state index is -1.16. The Morgan fingerprint density at radius 2 is 2.04 bits per heavy atom. The van der Waals surface area contributed by atoms with Gasteiger partial charge in [-0.15, -0.1) is 5.10 Å². The van der Waals surface area contributed by atoms with Gasteiger partial charge < -0.3 is 19.3 Å². The molecule has 0 atom stereocenters. The maximum Gasteiger partial charge on any atom is 0.358 e. The van der Waals surface area contributed by atoms with E-state index in [9.17, 15) is 9.90 Å². The molecule has 0 saturated heterocycles. The molecule has 0 fully saturated rings. The third-order valence-corrected chi connectivity index (χ3v) is 3.82. The number of aromatic carboxylic acids is 1. The molecule has 8 nitrogen and oxygen atoms in total. The van der Waals surface area contributed by atoms with Crippen LogP contribution in [0.5, 0.6) is 17.2 Å². The average molecular weight is 339 g/mol. The minimum absolute atomic E-state index is 0.147. The summed E-state index contributed by atoms with van der Waals surface area (Å²) in [7, 11) is 1.55. The van der Waals surface area contributed by atoms with Gasteiger partial charge >= 0.3 is 5.97 Å². The smallest absolute Gasteiger partial charge is 0.358 e. The van der Waals surface area contributed by atoms with Crippen LogP contribution in [0.4, 0.5) is 0 Å². The van der Waals surface area contributed by atoms with E-state index in [0.717, 1.165) is 0 Å². The predicted molar refractivity (Wildman–Crippen MR) is 86.4 cm³/mol. The van der Waals surface area contributed by atoms with E-state index in [1.165, 1.54) is 4.68 Å². The maximum atomic E-state index is 11.6. The van der Waals surface area contributed by atoms with Crippen molar-refractivity contribution in [3.63, 3.8) is 0 Å². The lowest BCUT2D eigenvalue weighted by Crippen LogP contribution is -2.03. The normalized spacial score (nSPS) is 12.2. The van der Waals surface area contributed by atoms with Crippen molar-refractivity contribution in [2.75, 3.05) is 13.9 Å². The third kappa shape index (κ3) is 2.53. The van der Waals surface area contributed by atoms with E-state index in [2.05, 4.69) is 10.3 Å². The van der Waals surface area contributed by atoms with Crippen LogP contribution in [-0.4, -0.2) is 40.0 Å². The van der Waals surface area contributed by atoms with E-state index in [1.54, 1.807) is 49.6 Å². The number of methoxy groups -OCH3 is 1. The van der Waals surface area contributed by atoms with E-state index in [1.807, 2.05) is 0 Å². The van der Waals surface area contributed by atoms with Crippen LogP contribution in [0.3, 0.4) is 0 Å². The fourth-order valence-electron chi connectivity index (χ4n) is 2.65. The number of fused-ring (bicyclic) bond motifs is 1. The molecule has 25 heavy (non-hydrogen) atoms. The molecule has 1 aliphatic heterocycles. The Bertz CT molecular complexity index is 967. The number of hydrogen-bond donors (Lipinski definition) is 1. The third-order valence-electron chi connectivity index (χ3n) is 3.82.